The number of urea groups is 1. The van der Waals surface area contributed by atoms with Crippen molar-refractivity contribution in [3.63, 3.8) is 0 Å². The molecule has 2 amide bonds. The Morgan fingerprint density at radius 2 is 1.89 bits per heavy atom. The fraction of sp³-hybridized carbons (Fsp3) is 0.846. The van der Waals surface area contributed by atoms with E-state index in [9.17, 15) is 9.59 Å². The molecule has 112 valence electrons. The molecule has 0 bridgehead atoms. The number of hydrogen-bond acceptors (Lipinski definition) is 3. The van der Waals surface area contributed by atoms with Gasteiger partial charge in [0, 0.05) is 20.2 Å². The van der Waals surface area contributed by atoms with Crippen molar-refractivity contribution < 1.29 is 19.8 Å². The Morgan fingerprint density at radius 1 is 1.21 bits per heavy atom. The number of unbranched alkanes of at least 4 members (excludes halogenated alkanes) is 3. The summed E-state index contributed by atoms with van der Waals surface area (Å²) in [7, 11) is 1.65. The Morgan fingerprint density at radius 3 is 2.42 bits per heavy atom. The molecule has 1 atom stereocenters. The van der Waals surface area contributed by atoms with Gasteiger partial charge in [0.15, 0.2) is 0 Å². The van der Waals surface area contributed by atoms with Crippen LogP contribution in [0.15, 0.2) is 0 Å². The van der Waals surface area contributed by atoms with Gasteiger partial charge in [-0.25, -0.2) is 9.59 Å². The summed E-state index contributed by atoms with van der Waals surface area (Å²) in [5.74, 6) is -0.990. The second-order valence-corrected chi connectivity index (χ2v) is 4.69. The Bertz CT molecular complexity index is 271. The van der Waals surface area contributed by atoms with Gasteiger partial charge in [-0.05, 0) is 25.7 Å². The lowest BCUT2D eigenvalue weighted by molar-refractivity contribution is -0.139. The predicted octanol–water partition coefficient (Wildman–Crippen LogP) is 1.43. The number of nitrogens with zero attached hydrogens (tertiary/aromatic N) is 1. The number of hydrogen-bond donors (Lipinski definition) is 3. The summed E-state index contributed by atoms with van der Waals surface area (Å²) < 4.78 is 0. The van der Waals surface area contributed by atoms with Crippen LogP contribution in [0, 0.1) is 0 Å². The van der Waals surface area contributed by atoms with Crippen molar-refractivity contribution in [2.24, 2.45) is 0 Å². The molecule has 19 heavy (non-hydrogen) atoms. The van der Waals surface area contributed by atoms with Gasteiger partial charge in [0.05, 0.1) is 0 Å². The molecule has 0 aliphatic rings. The summed E-state index contributed by atoms with van der Waals surface area (Å²) in [5, 5.41) is 20.2. The van der Waals surface area contributed by atoms with Crippen molar-refractivity contribution in [3.8, 4) is 0 Å². The van der Waals surface area contributed by atoms with Gasteiger partial charge in [-0.1, -0.05) is 19.8 Å². The number of carbonyl (C=O) groups excluding carboxylic acids is 1. The molecule has 0 saturated heterocycles. The summed E-state index contributed by atoms with van der Waals surface area (Å²) in [6.45, 7) is 2.70. The Labute approximate surface area is 114 Å². The molecule has 0 aliphatic carbocycles. The van der Waals surface area contributed by atoms with E-state index in [2.05, 4.69) is 5.32 Å². The molecule has 0 unspecified atom stereocenters. The van der Waals surface area contributed by atoms with E-state index >= 15 is 0 Å². The molecule has 0 aromatic heterocycles. The standard InChI is InChI=1S/C13H26N2O4/c1-3-4-8-11(12(17)18)14-13(19)15(2)9-6-5-7-10-16/h11,16H,3-10H2,1-2H3,(H,14,19)(H,17,18)/t11-/m0/s1. The molecule has 0 aromatic carbocycles. The molecule has 0 spiro atoms. The molecule has 0 radical (unpaired) electrons. The molecule has 0 heterocycles. The first kappa shape index (κ1) is 17.7. The van der Waals surface area contributed by atoms with Crippen LogP contribution in [0.3, 0.4) is 0 Å². The minimum atomic E-state index is -0.990. The van der Waals surface area contributed by atoms with Crippen LogP contribution in [0.2, 0.25) is 0 Å². The topological polar surface area (TPSA) is 89.9 Å². The van der Waals surface area contributed by atoms with Gasteiger partial charge >= 0.3 is 12.0 Å². The number of aliphatic hydroxyl groups is 1. The smallest absolute Gasteiger partial charge is 0.326 e. The number of amides is 2. The number of carboxylic acid groups (broad SMARTS) is 1. The first-order valence-corrected chi connectivity index (χ1v) is 6.88. The van der Waals surface area contributed by atoms with E-state index in [1.807, 2.05) is 6.92 Å². The summed E-state index contributed by atoms with van der Waals surface area (Å²) in [6.07, 6.45) is 4.51. The van der Waals surface area contributed by atoms with Crippen molar-refractivity contribution >= 4 is 12.0 Å². The van der Waals surface area contributed by atoms with E-state index in [0.717, 1.165) is 32.1 Å². The van der Waals surface area contributed by atoms with E-state index in [0.29, 0.717) is 13.0 Å². The van der Waals surface area contributed by atoms with Crippen LogP contribution in [0.4, 0.5) is 4.79 Å². The highest BCUT2D eigenvalue weighted by atomic mass is 16.4. The van der Waals surface area contributed by atoms with Crippen molar-refractivity contribution in [1.82, 2.24) is 10.2 Å². The maximum absolute atomic E-state index is 11.8. The van der Waals surface area contributed by atoms with Gasteiger partial charge < -0.3 is 20.4 Å². The zero-order valence-corrected chi connectivity index (χ0v) is 11.9. The highest BCUT2D eigenvalue weighted by Gasteiger charge is 2.20. The number of rotatable bonds is 10. The van der Waals surface area contributed by atoms with Crippen molar-refractivity contribution in [3.05, 3.63) is 0 Å². The normalized spacial score (nSPS) is 11.9. The number of carboxylic acids is 1. The van der Waals surface area contributed by atoms with Gasteiger partial charge in [0.2, 0.25) is 0 Å². The van der Waals surface area contributed by atoms with Crippen LogP contribution in [0.25, 0.3) is 0 Å². The first-order valence-electron chi connectivity index (χ1n) is 6.88. The first-order chi connectivity index (χ1) is 9.02. The third-order valence-corrected chi connectivity index (χ3v) is 2.94. The maximum Gasteiger partial charge on any atom is 0.326 e. The number of aliphatic hydroxyl groups excluding tert-OH is 1. The minimum Gasteiger partial charge on any atom is -0.480 e. The average molecular weight is 274 g/mol. The van der Waals surface area contributed by atoms with Gasteiger partial charge in [-0.3, -0.25) is 0 Å². The summed E-state index contributed by atoms with van der Waals surface area (Å²) in [4.78, 5) is 24.3. The quantitative estimate of drug-likeness (QED) is 0.526. The second kappa shape index (κ2) is 10.6. The van der Waals surface area contributed by atoms with Crippen LogP contribution in [-0.4, -0.2) is 53.4 Å². The molecule has 0 rings (SSSR count). The number of carbonyl (C=O) groups is 2. The largest absolute Gasteiger partial charge is 0.480 e. The van der Waals surface area contributed by atoms with Crippen LogP contribution >= 0.6 is 0 Å². The lowest BCUT2D eigenvalue weighted by atomic mass is 10.1. The zero-order valence-electron chi connectivity index (χ0n) is 11.9. The summed E-state index contributed by atoms with van der Waals surface area (Å²) >= 11 is 0. The van der Waals surface area contributed by atoms with Gasteiger partial charge in [-0.15, -0.1) is 0 Å². The Balaban J connectivity index is 4.05. The molecular formula is C13H26N2O4. The fourth-order valence-corrected chi connectivity index (χ4v) is 1.66. The van der Waals surface area contributed by atoms with Crippen molar-refractivity contribution in [2.75, 3.05) is 20.2 Å². The highest BCUT2D eigenvalue weighted by Crippen LogP contribution is 2.03. The SMILES string of the molecule is CCCC[C@H](NC(=O)N(C)CCCCCO)C(=O)O. The van der Waals surface area contributed by atoms with E-state index in [1.165, 1.54) is 4.90 Å². The highest BCUT2D eigenvalue weighted by molar-refractivity contribution is 5.82. The number of aliphatic carboxylic acids is 1. The van der Waals surface area contributed by atoms with Crippen molar-refractivity contribution in [2.45, 2.75) is 51.5 Å². The zero-order chi connectivity index (χ0) is 14.7. The monoisotopic (exact) mass is 274 g/mol. The average Bonchev–Trinajstić information content (AvgIpc) is 2.38. The number of nitrogens with one attached hydrogen (secondary N) is 1. The van der Waals surface area contributed by atoms with Gasteiger partial charge in [0.25, 0.3) is 0 Å². The van der Waals surface area contributed by atoms with Crippen LogP contribution < -0.4 is 5.32 Å². The van der Waals surface area contributed by atoms with Crippen LogP contribution in [0.1, 0.15) is 45.4 Å². The Kier molecular flexibility index (Phi) is 9.88. The minimum absolute atomic E-state index is 0.161. The van der Waals surface area contributed by atoms with Gasteiger partial charge in [0.1, 0.15) is 6.04 Å². The molecule has 0 aliphatic heterocycles. The predicted molar refractivity (Wildman–Crippen MR) is 73.0 cm³/mol. The molecule has 6 heteroatoms. The van der Waals surface area contributed by atoms with Gasteiger partial charge in [-0.2, -0.15) is 0 Å². The van der Waals surface area contributed by atoms with Crippen LogP contribution in [-0.2, 0) is 4.79 Å². The van der Waals surface area contributed by atoms with E-state index in [-0.39, 0.29) is 12.6 Å². The molecule has 0 aromatic rings. The molecule has 6 nitrogen and oxygen atoms in total. The third-order valence-electron chi connectivity index (χ3n) is 2.94. The fourth-order valence-electron chi connectivity index (χ4n) is 1.66. The Hall–Kier alpha value is -1.30. The van der Waals surface area contributed by atoms with Crippen molar-refractivity contribution in [1.29, 1.82) is 0 Å². The second-order valence-electron chi connectivity index (χ2n) is 4.69. The molecular weight excluding hydrogens is 248 g/mol. The lowest BCUT2D eigenvalue weighted by Crippen LogP contribution is -2.46. The summed E-state index contributed by atoms with van der Waals surface area (Å²) in [6, 6.07) is -1.17. The molecule has 3 N–H and O–H groups in total. The van der Waals surface area contributed by atoms with E-state index in [4.69, 9.17) is 10.2 Å². The maximum atomic E-state index is 11.8. The summed E-state index contributed by atoms with van der Waals surface area (Å²) in [5.41, 5.74) is 0. The third kappa shape index (κ3) is 8.42. The molecule has 0 saturated carbocycles. The molecule has 0 fully saturated rings. The lowest BCUT2D eigenvalue weighted by Gasteiger charge is -2.21. The van der Waals surface area contributed by atoms with Crippen LogP contribution in [0.5, 0.6) is 0 Å². The van der Waals surface area contributed by atoms with E-state index in [1.54, 1.807) is 7.05 Å². The van der Waals surface area contributed by atoms with E-state index < -0.39 is 12.0 Å².